The Kier molecular flexibility index (Phi) is 6.04. The molecular formula is C6H10ClO7P. The second-order valence-corrected chi connectivity index (χ2v) is 4.02. The summed E-state index contributed by atoms with van der Waals surface area (Å²) in [5.41, 5.74) is -1.47. The van der Waals surface area contributed by atoms with E-state index >= 15 is 0 Å². The molecule has 0 amide bonds. The Morgan fingerprint density at radius 2 is 2.13 bits per heavy atom. The van der Waals surface area contributed by atoms with Crippen molar-refractivity contribution in [3.8, 4) is 0 Å². The Labute approximate surface area is 90.5 Å². The average molecular weight is 261 g/mol. The number of halogens is 1. The second-order valence-electron chi connectivity index (χ2n) is 2.35. The molecule has 0 saturated carbocycles. The van der Waals surface area contributed by atoms with Crippen molar-refractivity contribution in [2.24, 2.45) is 0 Å². The second kappa shape index (κ2) is 6.22. The topological polar surface area (TPSA) is 113 Å². The lowest BCUT2D eigenvalue weighted by Gasteiger charge is -2.16. The van der Waals surface area contributed by atoms with Gasteiger partial charge in [0.15, 0.2) is 0 Å². The number of aliphatic hydroxyl groups is 1. The molecule has 88 valence electrons. The third-order valence-corrected chi connectivity index (χ3v) is 1.98. The van der Waals surface area contributed by atoms with Crippen LogP contribution in [0.2, 0.25) is 0 Å². The third-order valence-electron chi connectivity index (χ3n) is 1.11. The quantitative estimate of drug-likeness (QED) is 0.261. The van der Waals surface area contributed by atoms with Crippen LogP contribution in [0.25, 0.3) is 0 Å². The van der Waals surface area contributed by atoms with Crippen LogP contribution in [0, 0.1) is 0 Å². The van der Waals surface area contributed by atoms with Gasteiger partial charge in [-0.1, -0.05) is 18.2 Å². The van der Waals surface area contributed by atoms with Crippen LogP contribution in [0.5, 0.6) is 0 Å². The molecule has 0 fully saturated rings. The van der Waals surface area contributed by atoms with Gasteiger partial charge in [-0.15, -0.1) is 0 Å². The van der Waals surface area contributed by atoms with Gasteiger partial charge in [-0.2, -0.15) is 0 Å². The predicted molar refractivity (Wildman–Crippen MR) is 49.9 cm³/mol. The van der Waals surface area contributed by atoms with Crippen LogP contribution >= 0.6 is 19.4 Å². The number of carbonyl (C=O) groups excluding carboxylic acids is 1. The number of ether oxygens (including phenoxy) is 1. The Hall–Kier alpha value is -0.430. The number of alkyl halides is 1. The largest absolute Gasteiger partial charge is 0.469 e. The third kappa shape index (κ3) is 7.49. The fourth-order valence-corrected chi connectivity index (χ4v) is 0.994. The number of hydrogen-bond acceptors (Lipinski definition) is 5. The molecule has 0 radical (unpaired) electrons. The van der Waals surface area contributed by atoms with Gasteiger partial charge >= 0.3 is 13.8 Å². The molecule has 9 heteroatoms. The van der Waals surface area contributed by atoms with Gasteiger partial charge in [-0.3, -0.25) is 4.52 Å². The molecule has 0 aromatic heterocycles. The normalized spacial score (nSPS) is 15.5. The predicted octanol–water partition coefficient (Wildman–Crippen LogP) is -0.249. The van der Waals surface area contributed by atoms with Gasteiger partial charge in [0, 0.05) is 6.08 Å². The first-order valence-electron chi connectivity index (χ1n) is 3.61. The smallest absolute Gasteiger partial charge is 0.440 e. The Morgan fingerprint density at radius 1 is 1.60 bits per heavy atom. The van der Waals surface area contributed by atoms with Gasteiger partial charge in [0.25, 0.3) is 0 Å². The summed E-state index contributed by atoms with van der Waals surface area (Å²) in [5, 5.41) is 9.11. The maximum absolute atomic E-state index is 10.6. The summed E-state index contributed by atoms with van der Waals surface area (Å²) < 4.78 is 18.5. The lowest BCUT2D eigenvalue weighted by molar-refractivity contribution is -0.144. The van der Waals surface area contributed by atoms with Crippen molar-refractivity contribution < 1.29 is 33.5 Å². The van der Waals surface area contributed by atoms with Crippen LogP contribution in [-0.2, 0) is 18.6 Å². The van der Waals surface area contributed by atoms with E-state index in [4.69, 9.17) is 26.5 Å². The zero-order chi connectivity index (χ0) is 12.1. The van der Waals surface area contributed by atoms with Gasteiger partial charge in [0.05, 0.1) is 6.61 Å². The molecule has 0 saturated heterocycles. The zero-order valence-electron chi connectivity index (χ0n) is 7.45. The molecule has 15 heavy (non-hydrogen) atoms. The van der Waals surface area contributed by atoms with E-state index in [9.17, 15) is 9.36 Å². The van der Waals surface area contributed by atoms with E-state index in [1.54, 1.807) is 0 Å². The Balaban J connectivity index is 3.99. The number of esters is 1. The lowest BCUT2D eigenvalue weighted by Crippen LogP contribution is -2.29. The SMILES string of the molecule is C=CC(=O)OC(Cl)C(O)COP(=O)(O)O. The molecule has 0 aromatic carbocycles. The maximum Gasteiger partial charge on any atom is 0.469 e. The number of phosphoric acid groups is 1. The zero-order valence-corrected chi connectivity index (χ0v) is 9.10. The molecule has 3 N–H and O–H groups in total. The number of phosphoric ester groups is 1. The van der Waals surface area contributed by atoms with Crippen LogP contribution in [0.15, 0.2) is 12.7 Å². The number of carbonyl (C=O) groups is 1. The maximum atomic E-state index is 10.6. The molecule has 7 nitrogen and oxygen atoms in total. The molecule has 0 bridgehead atoms. The molecular weight excluding hydrogens is 250 g/mol. The molecule has 2 atom stereocenters. The summed E-state index contributed by atoms with van der Waals surface area (Å²) in [6, 6.07) is 0. The number of rotatable bonds is 6. The minimum Gasteiger partial charge on any atom is -0.440 e. The van der Waals surface area contributed by atoms with Crippen molar-refractivity contribution in [3.63, 3.8) is 0 Å². The summed E-state index contributed by atoms with van der Waals surface area (Å²) in [6.45, 7) is 2.33. The molecule has 0 aromatic rings. The van der Waals surface area contributed by atoms with Gasteiger partial charge < -0.3 is 19.6 Å². The fourth-order valence-electron chi connectivity index (χ4n) is 0.487. The monoisotopic (exact) mass is 260 g/mol. The van der Waals surface area contributed by atoms with E-state index < -0.39 is 32.1 Å². The summed E-state index contributed by atoms with van der Waals surface area (Å²) in [7, 11) is -4.68. The fraction of sp³-hybridized carbons (Fsp3) is 0.500. The molecule has 0 aliphatic carbocycles. The van der Waals surface area contributed by atoms with Crippen LogP contribution in [-0.4, -0.2) is 39.1 Å². The molecule has 0 aliphatic heterocycles. The van der Waals surface area contributed by atoms with Crippen LogP contribution < -0.4 is 0 Å². The van der Waals surface area contributed by atoms with E-state index in [0.29, 0.717) is 0 Å². The van der Waals surface area contributed by atoms with E-state index in [2.05, 4.69) is 15.8 Å². The van der Waals surface area contributed by atoms with Gasteiger partial charge in [0.2, 0.25) is 5.56 Å². The molecule has 0 aliphatic rings. The van der Waals surface area contributed by atoms with Gasteiger partial charge in [-0.25, -0.2) is 9.36 Å². The van der Waals surface area contributed by atoms with Crippen molar-refractivity contribution in [2.75, 3.05) is 6.61 Å². The molecule has 0 heterocycles. The highest BCUT2D eigenvalue weighted by Gasteiger charge is 2.24. The lowest BCUT2D eigenvalue weighted by atomic mass is 10.4. The minimum absolute atomic E-state index is 0.761. The Bertz CT molecular complexity index is 275. The van der Waals surface area contributed by atoms with E-state index in [-0.39, 0.29) is 0 Å². The summed E-state index contributed by atoms with van der Waals surface area (Å²) in [4.78, 5) is 27.2. The molecule has 0 spiro atoms. The van der Waals surface area contributed by atoms with E-state index in [1.165, 1.54) is 0 Å². The van der Waals surface area contributed by atoms with Crippen molar-refractivity contribution >= 4 is 25.4 Å². The van der Waals surface area contributed by atoms with Crippen molar-refractivity contribution in [1.29, 1.82) is 0 Å². The summed E-state index contributed by atoms with van der Waals surface area (Å²) in [5.74, 6) is -0.870. The number of aliphatic hydroxyl groups excluding tert-OH is 1. The highest BCUT2D eigenvalue weighted by atomic mass is 35.5. The number of hydrogen-bond donors (Lipinski definition) is 3. The van der Waals surface area contributed by atoms with E-state index in [1.807, 2.05) is 0 Å². The summed E-state index contributed by atoms with van der Waals surface area (Å²) >= 11 is 5.36. The van der Waals surface area contributed by atoms with E-state index in [0.717, 1.165) is 6.08 Å². The van der Waals surface area contributed by atoms with Gasteiger partial charge in [0.1, 0.15) is 6.10 Å². The average Bonchev–Trinajstić information content (AvgIpc) is 2.12. The van der Waals surface area contributed by atoms with Crippen molar-refractivity contribution in [1.82, 2.24) is 0 Å². The first-order chi connectivity index (χ1) is 6.76. The van der Waals surface area contributed by atoms with Crippen molar-refractivity contribution in [2.45, 2.75) is 11.7 Å². The highest BCUT2D eigenvalue weighted by molar-refractivity contribution is 7.46. The van der Waals surface area contributed by atoms with Crippen LogP contribution in [0.1, 0.15) is 0 Å². The van der Waals surface area contributed by atoms with Crippen LogP contribution in [0.4, 0.5) is 0 Å². The highest BCUT2D eigenvalue weighted by Crippen LogP contribution is 2.35. The first-order valence-corrected chi connectivity index (χ1v) is 5.58. The standard InChI is InChI=1S/C6H10ClO7P/c1-2-5(9)14-6(7)4(8)3-13-15(10,11)12/h2,4,6,8H,1,3H2,(H2,10,11,12). The minimum atomic E-state index is -4.68. The Morgan fingerprint density at radius 3 is 2.53 bits per heavy atom. The van der Waals surface area contributed by atoms with Crippen molar-refractivity contribution in [3.05, 3.63) is 12.7 Å². The van der Waals surface area contributed by atoms with Gasteiger partial charge in [-0.05, 0) is 0 Å². The molecule has 2 unspecified atom stereocenters. The summed E-state index contributed by atoms with van der Waals surface area (Å²) in [6.07, 6.45) is -0.727. The molecule has 0 rings (SSSR count). The van der Waals surface area contributed by atoms with Crippen LogP contribution in [0.3, 0.4) is 0 Å². The first kappa shape index (κ1) is 14.6.